The average molecular weight is 538 g/mol. The molecule has 1 atom stereocenters. The zero-order chi connectivity index (χ0) is 27.1. The van der Waals surface area contributed by atoms with Crippen molar-refractivity contribution < 1.29 is 26.3 Å². The summed E-state index contributed by atoms with van der Waals surface area (Å²) in [5.41, 5.74) is 6.75. The number of hydrogen-bond donors (Lipinski definition) is 2. The predicted molar refractivity (Wildman–Crippen MR) is 137 cm³/mol. The molecule has 1 aliphatic carbocycles. The first kappa shape index (κ1) is 26.9. The van der Waals surface area contributed by atoms with Gasteiger partial charge >= 0.3 is 6.18 Å². The molecule has 1 aromatic heterocycles. The molecule has 3 aromatic rings. The zero-order valence-electron chi connectivity index (χ0n) is 21.1. The molecule has 0 radical (unpaired) electrons. The second-order valence-corrected chi connectivity index (χ2v) is 11.7. The van der Waals surface area contributed by atoms with Crippen LogP contribution >= 0.6 is 0 Å². The summed E-state index contributed by atoms with van der Waals surface area (Å²) < 4.78 is 71.8. The Morgan fingerprint density at radius 3 is 2.51 bits per heavy atom. The molecule has 0 aliphatic heterocycles. The van der Waals surface area contributed by atoms with Crippen molar-refractivity contribution in [3.05, 3.63) is 52.8 Å². The molecule has 37 heavy (non-hydrogen) atoms. The number of rotatable bonds is 9. The molecular formula is C25H30F3N5O3S. The van der Waals surface area contributed by atoms with Gasteiger partial charge < -0.3 is 15.8 Å². The van der Waals surface area contributed by atoms with Gasteiger partial charge in [-0.1, -0.05) is 0 Å². The van der Waals surface area contributed by atoms with Crippen molar-refractivity contribution in [1.29, 1.82) is 0 Å². The molecule has 2 aromatic carbocycles. The fraction of sp³-hybridized carbons (Fsp3) is 0.440. The number of aryl methyl sites for hydroxylation is 2. The Morgan fingerprint density at radius 1 is 1.16 bits per heavy atom. The van der Waals surface area contributed by atoms with E-state index in [-0.39, 0.29) is 24.1 Å². The summed E-state index contributed by atoms with van der Waals surface area (Å²) in [4.78, 5) is 8.96. The standard InChI is InChI=1S/C25H30F3N5O3S/c1-14-9-22-21(13-23(14)36-8-7-33(4)37(34,35)20-5-6-20)24(32-16(3)31-22)30-15(2)17-10-18(25(26,27)28)12-19(29)11-17/h9-13,15,20H,5-8,29H2,1-4H3,(H,30,31,32)/t15-/m1/s1. The number of alkyl halides is 3. The van der Waals surface area contributed by atoms with Crippen LogP contribution in [0.4, 0.5) is 24.7 Å². The molecule has 0 spiro atoms. The Kier molecular flexibility index (Phi) is 7.26. The minimum Gasteiger partial charge on any atom is -0.492 e. The first-order chi connectivity index (χ1) is 17.3. The SMILES string of the molecule is Cc1nc(N[C@H](C)c2cc(N)cc(C(F)(F)F)c2)c2cc(OCCN(C)S(=O)(=O)C3CC3)c(C)cc2n1. The van der Waals surface area contributed by atoms with Crippen LogP contribution in [0.1, 0.15) is 48.3 Å². The highest BCUT2D eigenvalue weighted by atomic mass is 32.2. The predicted octanol–water partition coefficient (Wildman–Crippen LogP) is 4.82. The van der Waals surface area contributed by atoms with E-state index in [9.17, 15) is 21.6 Å². The van der Waals surface area contributed by atoms with Crippen LogP contribution in [0.15, 0.2) is 30.3 Å². The Morgan fingerprint density at radius 2 is 1.86 bits per heavy atom. The summed E-state index contributed by atoms with van der Waals surface area (Å²) in [6.45, 7) is 5.68. The Hall–Kier alpha value is -3.12. The maximum absolute atomic E-state index is 13.3. The van der Waals surface area contributed by atoms with Crippen molar-refractivity contribution in [2.24, 2.45) is 0 Å². The molecule has 200 valence electrons. The number of nitrogen functional groups attached to an aromatic ring is 1. The number of hydrogen-bond acceptors (Lipinski definition) is 7. The lowest BCUT2D eigenvalue weighted by molar-refractivity contribution is -0.137. The van der Waals surface area contributed by atoms with Crippen LogP contribution in [0.2, 0.25) is 0 Å². The summed E-state index contributed by atoms with van der Waals surface area (Å²) in [7, 11) is -1.74. The van der Waals surface area contributed by atoms with E-state index in [1.165, 1.54) is 10.4 Å². The van der Waals surface area contributed by atoms with Crippen molar-refractivity contribution >= 4 is 32.4 Å². The molecule has 8 nitrogen and oxygen atoms in total. The first-order valence-corrected chi connectivity index (χ1v) is 13.4. The van der Waals surface area contributed by atoms with Gasteiger partial charge in [-0.15, -0.1) is 0 Å². The maximum atomic E-state index is 13.3. The molecule has 1 heterocycles. The van der Waals surface area contributed by atoms with Crippen molar-refractivity contribution in [1.82, 2.24) is 14.3 Å². The maximum Gasteiger partial charge on any atom is 0.416 e. The monoisotopic (exact) mass is 537 g/mol. The second-order valence-electron chi connectivity index (χ2n) is 9.42. The summed E-state index contributed by atoms with van der Waals surface area (Å²) in [6, 6.07) is 6.51. The van der Waals surface area contributed by atoms with Gasteiger partial charge in [0.25, 0.3) is 0 Å². The normalized spacial score (nSPS) is 15.2. The highest BCUT2D eigenvalue weighted by molar-refractivity contribution is 7.90. The van der Waals surface area contributed by atoms with Gasteiger partial charge in [-0.3, -0.25) is 0 Å². The molecule has 1 saturated carbocycles. The minimum atomic E-state index is -4.52. The van der Waals surface area contributed by atoms with Gasteiger partial charge in [0.2, 0.25) is 10.0 Å². The van der Waals surface area contributed by atoms with E-state index in [4.69, 9.17) is 10.5 Å². The molecule has 1 fully saturated rings. The summed E-state index contributed by atoms with van der Waals surface area (Å²) in [6.07, 6.45) is -3.13. The van der Waals surface area contributed by atoms with Crippen molar-refractivity contribution in [3.8, 4) is 5.75 Å². The van der Waals surface area contributed by atoms with E-state index in [1.807, 2.05) is 13.0 Å². The topological polar surface area (TPSA) is 110 Å². The fourth-order valence-corrected chi connectivity index (χ4v) is 5.62. The van der Waals surface area contributed by atoms with Crippen LogP contribution in [-0.4, -0.2) is 48.1 Å². The third-order valence-electron chi connectivity index (χ3n) is 6.31. The number of nitrogens with one attached hydrogen (secondary N) is 1. The number of fused-ring (bicyclic) bond motifs is 1. The smallest absolute Gasteiger partial charge is 0.416 e. The van der Waals surface area contributed by atoms with Crippen LogP contribution in [0.3, 0.4) is 0 Å². The minimum absolute atomic E-state index is 0.0159. The number of nitrogens with two attached hydrogens (primary N) is 1. The molecular weight excluding hydrogens is 507 g/mol. The number of nitrogens with zero attached hydrogens (tertiary/aromatic N) is 3. The van der Waals surface area contributed by atoms with Crippen molar-refractivity contribution in [2.45, 2.75) is 51.1 Å². The number of sulfonamides is 1. The van der Waals surface area contributed by atoms with Crippen molar-refractivity contribution in [2.75, 3.05) is 31.2 Å². The molecule has 12 heteroatoms. The van der Waals surface area contributed by atoms with E-state index >= 15 is 0 Å². The fourth-order valence-electron chi connectivity index (χ4n) is 4.05. The zero-order valence-corrected chi connectivity index (χ0v) is 21.9. The number of benzene rings is 2. The molecule has 1 aliphatic rings. The molecule has 0 amide bonds. The van der Waals surface area contributed by atoms with Crippen LogP contribution in [0, 0.1) is 13.8 Å². The van der Waals surface area contributed by atoms with E-state index in [2.05, 4.69) is 15.3 Å². The highest BCUT2D eigenvalue weighted by Crippen LogP contribution is 2.35. The van der Waals surface area contributed by atoms with E-state index in [1.54, 1.807) is 27.0 Å². The van der Waals surface area contributed by atoms with E-state index in [0.29, 0.717) is 46.7 Å². The van der Waals surface area contributed by atoms with Crippen molar-refractivity contribution in [3.63, 3.8) is 0 Å². The van der Waals surface area contributed by atoms with Crippen LogP contribution in [0.25, 0.3) is 10.9 Å². The summed E-state index contributed by atoms with van der Waals surface area (Å²) in [5.74, 6) is 1.46. The van der Waals surface area contributed by atoms with Gasteiger partial charge in [-0.25, -0.2) is 22.7 Å². The largest absolute Gasteiger partial charge is 0.492 e. The third-order valence-corrected chi connectivity index (χ3v) is 8.67. The Labute approximate surface area is 214 Å². The molecule has 3 N–H and O–H groups in total. The summed E-state index contributed by atoms with van der Waals surface area (Å²) >= 11 is 0. The highest BCUT2D eigenvalue weighted by Gasteiger charge is 2.38. The molecule has 4 rings (SSSR count). The molecule has 0 bridgehead atoms. The molecule has 0 unspecified atom stereocenters. The number of likely N-dealkylation sites (N-methyl/N-ethyl adjacent to an activating group) is 1. The Balaban J connectivity index is 1.58. The second kappa shape index (κ2) is 9.97. The van der Waals surface area contributed by atoms with Crippen LogP contribution in [-0.2, 0) is 16.2 Å². The van der Waals surface area contributed by atoms with Gasteiger partial charge in [-0.2, -0.15) is 13.2 Å². The van der Waals surface area contributed by atoms with Gasteiger partial charge in [0.15, 0.2) is 0 Å². The van der Waals surface area contributed by atoms with Crippen LogP contribution < -0.4 is 15.8 Å². The lowest BCUT2D eigenvalue weighted by atomic mass is 10.0. The Bertz CT molecular complexity index is 1430. The average Bonchev–Trinajstić information content (AvgIpc) is 3.64. The van der Waals surface area contributed by atoms with Gasteiger partial charge in [-0.05, 0) is 75.1 Å². The van der Waals surface area contributed by atoms with E-state index < -0.39 is 27.8 Å². The van der Waals surface area contributed by atoms with Gasteiger partial charge in [0.1, 0.15) is 24.0 Å². The number of ether oxygens (including phenoxy) is 1. The first-order valence-electron chi connectivity index (χ1n) is 11.9. The third kappa shape index (κ3) is 6.07. The number of halogens is 3. The van der Waals surface area contributed by atoms with Crippen LogP contribution in [0.5, 0.6) is 5.75 Å². The van der Waals surface area contributed by atoms with Gasteiger partial charge in [0.05, 0.1) is 22.4 Å². The number of anilines is 2. The summed E-state index contributed by atoms with van der Waals surface area (Å²) in [5, 5.41) is 3.52. The lowest BCUT2D eigenvalue weighted by Gasteiger charge is -2.20. The number of aromatic nitrogens is 2. The molecule has 0 saturated heterocycles. The van der Waals surface area contributed by atoms with E-state index in [0.717, 1.165) is 17.7 Å². The van der Waals surface area contributed by atoms with Gasteiger partial charge in [0, 0.05) is 24.7 Å². The quantitative estimate of drug-likeness (QED) is 0.377. The lowest BCUT2D eigenvalue weighted by Crippen LogP contribution is -2.33.